The van der Waals surface area contributed by atoms with Gasteiger partial charge in [0.05, 0.1) is 6.10 Å². The topological polar surface area (TPSA) is 36.0 Å². The third-order valence-corrected chi connectivity index (χ3v) is 3.36. The highest BCUT2D eigenvalue weighted by molar-refractivity contribution is 5.89. The summed E-state index contributed by atoms with van der Waals surface area (Å²) in [4.78, 5) is 3.43. The Morgan fingerprint density at radius 1 is 1.33 bits per heavy atom. The summed E-state index contributed by atoms with van der Waals surface area (Å²) in [5, 5.41) is 11.2. The number of nitrogens with one attached hydrogen (secondary N) is 1. The Kier molecular flexibility index (Phi) is 1.71. The minimum Gasteiger partial charge on any atom is -0.388 e. The Hall–Kier alpha value is -1.28. The van der Waals surface area contributed by atoms with Crippen molar-refractivity contribution < 1.29 is 5.11 Å². The number of hydrogen-bond acceptors (Lipinski definition) is 1. The Morgan fingerprint density at radius 2 is 2.13 bits per heavy atom. The molecule has 0 spiro atoms. The average molecular weight is 201 g/mol. The van der Waals surface area contributed by atoms with Gasteiger partial charge in [-0.05, 0) is 43.9 Å². The molecule has 0 fully saturated rings. The average Bonchev–Trinajstić information content (AvgIpc) is 2.66. The fourth-order valence-electron chi connectivity index (χ4n) is 2.79. The molecular weight excluding hydrogens is 186 g/mol. The minimum absolute atomic E-state index is 0.268. The number of aryl methyl sites for hydroxylation is 3. The first kappa shape index (κ1) is 8.98. The molecule has 0 radical (unpaired) electrons. The van der Waals surface area contributed by atoms with Crippen molar-refractivity contribution in [2.75, 3.05) is 0 Å². The molecule has 2 N–H and O–H groups in total. The molecule has 1 aromatic heterocycles. The molecule has 1 atom stereocenters. The van der Waals surface area contributed by atoms with Gasteiger partial charge in [0.1, 0.15) is 0 Å². The molecule has 1 aliphatic carbocycles. The largest absolute Gasteiger partial charge is 0.388 e. The monoisotopic (exact) mass is 201 g/mol. The first-order valence-electron chi connectivity index (χ1n) is 5.46. The van der Waals surface area contributed by atoms with E-state index >= 15 is 0 Å². The lowest BCUT2D eigenvalue weighted by Gasteiger charge is -2.05. The number of H-pyrrole nitrogens is 1. The quantitative estimate of drug-likeness (QED) is 0.675. The normalized spacial score (nSPS) is 19.8. The predicted octanol–water partition coefficient (Wildman–Crippen LogP) is 2.76. The summed E-state index contributed by atoms with van der Waals surface area (Å²) in [5.41, 5.74) is 6.09. The lowest BCUT2D eigenvalue weighted by Crippen LogP contribution is -1.90. The van der Waals surface area contributed by atoms with E-state index in [-0.39, 0.29) is 6.10 Å². The third-order valence-electron chi connectivity index (χ3n) is 3.36. The van der Waals surface area contributed by atoms with Gasteiger partial charge in [0, 0.05) is 22.2 Å². The van der Waals surface area contributed by atoms with E-state index in [4.69, 9.17) is 0 Å². The van der Waals surface area contributed by atoms with E-state index in [9.17, 15) is 5.11 Å². The maximum absolute atomic E-state index is 9.94. The Balaban J connectivity index is 2.42. The van der Waals surface area contributed by atoms with Crippen molar-refractivity contribution in [1.29, 1.82) is 0 Å². The molecule has 3 rings (SSSR count). The Labute approximate surface area is 88.9 Å². The fraction of sp³-hybridized carbons (Fsp3) is 0.385. The van der Waals surface area contributed by atoms with Crippen molar-refractivity contribution in [3.05, 3.63) is 34.5 Å². The lowest BCUT2D eigenvalue weighted by atomic mass is 10.0. The molecule has 1 heterocycles. The zero-order valence-electron chi connectivity index (χ0n) is 9.09. The maximum atomic E-state index is 9.94. The second-order valence-electron chi connectivity index (χ2n) is 4.58. The number of benzene rings is 1. The summed E-state index contributed by atoms with van der Waals surface area (Å²) < 4.78 is 0. The van der Waals surface area contributed by atoms with Gasteiger partial charge >= 0.3 is 0 Å². The SMILES string of the molecule is Cc1cc(C)c2c3c([nH]c2c1)CCC3O. The molecule has 1 aliphatic rings. The van der Waals surface area contributed by atoms with Crippen LogP contribution in [0.2, 0.25) is 0 Å². The van der Waals surface area contributed by atoms with Crippen LogP contribution in [0.1, 0.15) is 34.9 Å². The first-order valence-corrected chi connectivity index (χ1v) is 5.46. The number of rotatable bonds is 0. The molecule has 2 aromatic rings. The molecule has 0 bridgehead atoms. The molecule has 2 heteroatoms. The van der Waals surface area contributed by atoms with Gasteiger partial charge in [-0.2, -0.15) is 0 Å². The smallest absolute Gasteiger partial charge is 0.0817 e. The van der Waals surface area contributed by atoms with Crippen LogP contribution in [-0.4, -0.2) is 10.1 Å². The van der Waals surface area contributed by atoms with E-state index in [2.05, 4.69) is 31.0 Å². The third kappa shape index (κ3) is 1.15. The summed E-state index contributed by atoms with van der Waals surface area (Å²) in [7, 11) is 0. The summed E-state index contributed by atoms with van der Waals surface area (Å²) in [6, 6.07) is 4.34. The van der Waals surface area contributed by atoms with E-state index in [0.717, 1.165) is 18.4 Å². The molecule has 0 saturated heterocycles. The van der Waals surface area contributed by atoms with Gasteiger partial charge in [0.25, 0.3) is 0 Å². The van der Waals surface area contributed by atoms with E-state index in [0.29, 0.717) is 0 Å². The number of fused-ring (bicyclic) bond motifs is 3. The number of aromatic amines is 1. The van der Waals surface area contributed by atoms with E-state index in [1.165, 1.54) is 27.7 Å². The minimum atomic E-state index is -0.268. The van der Waals surface area contributed by atoms with Gasteiger partial charge in [-0.25, -0.2) is 0 Å². The Morgan fingerprint density at radius 3 is 2.93 bits per heavy atom. The van der Waals surface area contributed by atoms with Gasteiger partial charge in [0.15, 0.2) is 0 Å². The van der Waals surface area contributed by atoms with Crippen LogP contribution in [0.3, 0.4) is 0 Å². The first-order chi connectivity index (χ1) is 7.16. The molecule has 1 unspecified atom stereocenters. The van der Waals surface area contributed by atoms with Crippen LogP contribution < -0.4 is 0 Å². The van der Waals surface area contributed by atoms with Crippen molar-refractivity contribution in [2.24, 2.45) is 0 Å². The van der Waals surface area contributed by atoms with Crippen LogP contribution in [0.15, 0.2) is 12.1 Å². The van der Waals surface area contributed by atoms with Crippen molar-refractivity contribution in [3.8, 4) is 0 Å². The van der Waals surface area contributed by atoms with Crippen LogP contribution in [0.4, 0.5) is 0 Å². The molecule has 0 amide bonds. The highest BCUT2D eigenvalue weighted by Crippen LogP contribution is 2.38. The zero-order chi connectivity index (χ0) is 10.6. The van der Waals surface area contributed by atoms with E-state index < -0.39 is 0 Å². The van der Waals surface area contributed by atoms with Crippen LogP contribution >= 0.6 is 0 Å². The van der Waals surface area contributed by atoms with Gasteiger partial charge in [-0.15, -0.1) is 0 Å². The molecule has 15 heavy (non-hydrogen) atoms. The number of aromatic nitrogens is 1. The number of aliphatic hydroxyl groups excluding tert-OH is 1. The summed E-state index contributed by atoms with van der Waals surface area (Å²) in [6.07, 6.45) is 1.57. The zero-order valence-corrected chi connectivity index (χ0v) is 9.09. The summed E-state index contributed by atoms with van der Waals surface area (Å²) >= 11 is 0. The standard InChI is InChI=1S/C13H15NO/c1-7-5-8(2)12-10(6-7)14-9-3-4-11(15)13(9)12/h5-6,11,14-15H,3-4H2,1-2H3. The highest BCUT2D eigenvalue weighted by Gasteiger charge is 2.25. The molecular formula is C13H15NO. The van der Waals surface area contributed by atoms with Crippen molar-refractivity contribution in [1.82, 2.24) is 4.98 Å². The second kappa shape index (κ2) is 2.86. The fourth-order valence-corrected chi connectivity index (χ4v) is 2.79. The van der Waals surface area contributed by atoms with Gasteiger partial charge in [0.2, 0.25) is 0 Å². The van der Waals surface area contributed by atoms with Crippen molar-refractivity contribution >= 4 is 10.9 Å². The van der Waals surface area contributed by atoms with Crippen LogP contribution in [0, 0.1) is 13.8 Å². The highest BCUT2D eigenvalue weighted by atomic mass is 16.3. The van der Waals surface area contributed by atoms with Crippen LogP contribution in [0.5, 0.6) is 0 Å². The van der Waals surface area contributed by atoms with E-state index in [1.807, 2.05) is 0 Å². The summed E-state index contributed by atoms with van der Waals surface area (Å²) in [5.74, 6) is 0. The molecule has 0 aliphatic heterocycles. The van der Waals surface area contributed by atoms with Gasteiger partial charge in [-0.1, -0.05) is 6.07 Å². The van der Waals surface area contributed by atoms with Gasteiger partial charge < -0.3 is 10.1 Å². The molecule has 2 nitrogen and oxygen atoms in total. The molecule has 78 valence electrons. The lowest BCUT2D eigenvalue weighted by molar-refractivity contribution is 0.181. The van der Waals surface area contributed by atoms with Crippen LogP contribution in [-0.2, 0) is 6.42 Å². The van der Waals surface area contributed by atoms with Gasteiger partial charge in [-0.3, -0.25) is 0 Å². The molecule has 0 saturated carbocycles. The summed E-state index contributed by atoms with van der Waals surface area (Å²) in [6.45, 7) is 4.23. The maximum Gasteiger partial charge on any atom is 0.0817 e. The van der Waals surface area contributed by atoms with Crippen LogP contribution in [0.25, 0.3) is 10.9 Å². The van der Waals surface area contributed by atoms with Crippen molar-refractivity contribution in [3.63, 3.8) is 0 Å². The Bertz CT molecular complexity index is 539. The van der Waals surface area contributed by atoms with E-state index in [1.54, 1.807) is 0 Å². The number of aliphatic hydroxyl groups is 1. The number of hydrogen-bond donors (Lipinski definition) is 2. The van der Waals surface area contributed by atoms with Crippen molar-refractivity contribution in [2.45, 2.75) is 32.8 Å². The molecule has 1 aromatic carbocycles. The second-order valence-corrected chi connectivity index (χ2v) is 4.58. The predicted molar refractivity (Wildman–Crippen MR) is 61.1 cm³/mol.